The van der Waals surface area contributed by atoms with E-state index in [4.69, 9.17) is 10.7 Å². The van der Waals surface area contributed by atoms with Crippen molar-refractivity contribution in [2.75, 3.05) is 0 Å². The molecular weight excluding hydrogens is 314 g/mol. The number of benzene rings is 1. The number of hydrogen-bond donors (Lipinski definition) is 1. The molecule has 0 saturated carbocycles. The highest BCUT2D eigenvalue weighted by molar-refractivity contribution is 9.10. The summed E-state index contributed by atoms with van der Waals surface area (Å²) < 4.78 is 3.12. The molecule has 0 fully saturated rings. The van der Waals surface area contributed by atoms with E-state index >= 15 is 0 Å². The smallest absolute Gasteiger partial charge is 0.177 e. The molecule has 0 spiro atoms. The molecule has 0 amide bonds. The van der Waals surface area contributed by atoms with Crippen LogP contribution in [0.3, 0.4) is 0 Å². The van der Waals surface area contributed by atoms with E-state index in [0.717, 1.165) is 29.8 Å². The van der Waals surface area contributed by atoms with Crippen LogP contribution in [0.25, 0.3) is 11.3 Å². The van der Waals surface area contributed by atoms with Gasteiger partial charge in [-0.1, -0.05) is 17.7 Å². The maximum absolute atomic E-state index is 6.08. The van der Waals surface area contributed by atoms with Crippen LogP contribution in [0.2, 0.25) is 0 Å². The van der Waals surface area contributed by atoms with E-state index in [2.05, 4.69) is 53.4 Å². The lowest BCUT2D eigenvalue weighted by Gasteiger charge is -2.22. The molecule has 2 aromatic rings. The van der Waals surface area contributed by atoms with Crippen molar-refractivity contribution in [3.05, 3.63) is 39.3 Å². The van der Waals surface area contributed by atoms with E-state index in [0.29, 0.717) is 0 Å². The van der Waals surface area contributed by atoms with E-state index in [1.807, 2.05) is 0 Å². The minimum Gasteiger partial charge on any atom is -0.326 e. The third-order valence-electron chi connectivity index (χ3n) is 4.11. The van der Waals surface area contributed by atoms with Crippen LogP contribution in [-0.4, -0.2) is 15.6 Å². The first-order chi connectivity index (χ1) is 9.47. The normalized spacial score (nSPS) is 18.1. The van der Waals surface area contributed by atoms with Crippen molar-refractivity contribution in [3.63, 3.8) is 0 Å². The Balaban J connectivity index is 2.20. The molecule has 0 saturated heterocycles. The Morgan fingerprint density at radius 3 is 2.55 bits per heavy atom. The van der Waals surface area contributed by atoms with Crippen LogP contribution in [0, 0.1) is 20.8 Å². The molecule has 0 aliphatic carbocycles. The molecule has 1 aliphatic rings. The molecule has 2 N–H and O–H groups in total. The molecule has 1 aliphatic heterocycles. The van der Waals surface area contributed by atoms with E-state index in [-0.39, 0.29) is 6.04 Å². The maximum atomic E-state index is 6.08. The van der Waals surface area contributed by atoms with Gasteiger partial charge in [-0.15, -0.1) is 0 Å². The van der Waals surface area contributed by atoms with Crippen molar-refractivity contribution < 1.29 is 0 Å². The van der Waals surface area contributed by atoms with Crippen LogP contribution in [0.1, 0.15) is 28.8 Å². The second kappa shape index (κ2) is 5.01. The average Bonchev–Trinajstić information content (AvgIpc) is 2.65. The van der Waals surface area contributed by atoms with E-state index in [1.54, 1.807) is 0 Å². The van der Waals surface area contributed by atoms with Crippen molar-refractivity contribution in [1.29, 1.82) is 0 Å². The van der Waals surface area contributed by atoms with Gasteiger partial charge in [0.15, 0.2) is 4.73 Å². The summed E-state index contributed by atoms with van der Waals surface area (Å²) in [5.41, 5.74) is 13.7. The molecule has 1 aromatic carbocycles. The van der Waals surface area contributed by atoms with Gasteiger partial charge in [0.05, 0.1) is 5.69 Å². The summed E-state index contributed by atoms with van der Waals surface area (Å²) in [7, 11) is 0. The molecule has 3 nitrogen and oxygen atoms in total. The van der Waals surface area contributed by atoms with Gasteiger partial charge in [0.25, 0.3) is 0 Å². The predicted octanol–water partition coefficient (Wildman–Crippen LogP) is 3.51. The zero-order valence-electron chi connectivity index (χ0n) is 12.2. The molecule has 4 heteroatoms. The molecule has 0 radical (unpaired) electrons. The largest absolute Gasteiger partial charge is 0.326 e. The first-order valence-electron chi connectivity index (χ1n) is 7.06. The molecule has 20 heavy (non-hydrogen) atoms. The van der Waals surface area contributed by atoms with Crippen LogP contribution in [0.5, 0.6) is 0 Å². The van der Waals surface area contributed by atoms with Crippen LogP contribution in [0.4, 0.5) is 0 Å². The lowest BCUT2D eigenvalue weighted by Crippen LogP contribution is -2.31. The van der Waals surface area contributed by atoms with Gasteiger partial charge >= 0.3 is 0 Å². The highest BCUT2D eigenvalue weighted by atomic mass is 79.9. The lowest BCUT2D eigenvalue weighted by atomic mass is 9.94. The van der Waals surface area contributed by atoms with E-state index < -0.39 is 0 Å². The number of rotatable bonds is 1. The third-order valence-corrected chi connectivity index (χ3v) is 4.71. The van der Waals surface area contributed by atoms with Crippen molar-refractivity contribution in [2.45, 2.75) is 46.2 Å². The van der Waals surface area contributed by atoms with Gasteiger partial charge < -0.3 is 10.3 Å². The van der Waals surface area contributed by atoms with Crippen LogP contribution < -0.4 is 5.73 Å². The fourth-order valence-corrected chi connectivity index (χ4v) is 3.83. The Morgan fingerprint density at radius 1 is 1.25 bits per heavy atom. The Kier molecular flexibility index (Phi) is 3.46. The van der Waals surface area contributed by atoms with Crippen LogP contribution in [-0.2, 0) is 13.0 Å². The van der Waals surface area contributed by atoms with Crippen molar-refractivity contribution in [2.24, 2.45) is 5.73 Å². The number of nitrogens with zero attached hydrogens (tertiary/aromatic N) is 2. The minimum absolute atomic E-state index is 0.237. The third kappa shape index (κ3) is 2.21. The van der Waals surface area contributed by atoms with Gasteiger partial charge in [-0.2, -0.15) is 0 Å². The quantitative estimate of drug-likeness (QED) is 0.867. The van der Waals surface area contributed by atoms with Crippen molar-refractivity contribution >= 4 is 15.9 Å². The molecule has 1 unspecified atom stereocenters. The SMILES string of the molecule is Cc1cc(C)c(-c2nc(Br)n3c2CCC(N)C3)c(C)c1. The number of imidazole rings is 1. The summed E-state index contributed by atoms with van der Waals surface area (Å²) in [6, 6.07) is 4.70. The number of halogens is 1. The summed E-state index contributed by atoms with van der Waals surface area (Å²) in [5, 5.41) is 0. The standard InChI is InChI=1S/C16H20BrN3/c1-9-6-10(2)14(11(3)7-9)15-13-5-4-12(18)8-20(13)16(17)19-15/h6-7,12H,4-5,8,18H2,1-3H3. The molecule has 106 valence electrons. The molecular formula is C16H20BrN3. The van der Waals surface area contributed by atoms with Gasteiger partial charge in [-0.25, -0.2) is 4.98 Å². The van der Waals surface area contributed by atoms with Crippen molar-refractivity contribution in [1.82, 2.24) is 9.55 Å². The Bertz CT molecular complexity index is 650. The molecule has 3 rings (SSSR count). The zero-order chi connectivity index (χ0) is 14.4. The fourth-order valence-electron chi connectivity index (χ4n) is 3.30. The highest BCUT2D eigenvalue weighted by Crippen LogP contribution is 2.34. The second-order valence-corrected chi connectivity index (χ2v) is 6.57. The van der Waals surface area contributed by atoms with E-state index in [9.17, 15) is 0 Å². The van der Waals surface area contributed by atoms with E-state index in [1.165, 1.54) is 27.9 Å². The van der Waals surface area contributed by atoms with Gasteiger partial charge in [0.1, 0.15) is 0 Å². The van der Waals surface area contributed by atoms with Gasteiger partial charge in [0, 0.05) is 23.8 Å². The maximum Gasteiger partial charge on any atom is 0.177 e. The number of hydrogen-bond acceptors (Lipinski definition) is 2. The average molecular weight is 334 g/mol. The summed E-state index contributed by atoms with van der Waals surface area (Å²) in [6.45, 7) is 7.33. The fraction of sp³-hybridized carbons (Fsp3) is 0.438. The number of fused-ring (bicyclic) bond motifs is 1. The minimum atomic E-state index is 0.237. The van der Waals surface area contributed by atoms with Gasteiger partial charge in [-0.05, 0) is 60.7 Å². The first kappa shape index (κ1) is 13.8. The van der Waals surface area contributed by atoms with Crippen molar-refractivity contribution in [3.8, 4) is 11.3 Å². The monoisotopic (exact) mass is 333 g/mol. The Hall–Kier alpha value is -1.13. The summed E-state index contributed by atoms with van der Waals surface area (Å²) >= 11 is 3.59. The molecule has 0 bridgehead atoms. The molecule has 2 heterocycles. The number of aryl methyl sites for hydroxylation is 3. The first-order valence-corrected chi connectivity index (χ1v) is 7.85. The molecule has 1 atom stereocenters. The van der Waals surface area contributed by atoms with Gasteiger partial charge in [-0.3, -0.25) is 0 Å². The number of aromatic nitrogens is 2. The zero-order valence-corrected chi connectivity index (χ0v) is 13.8. The topological polar surface area (TPSA) is 43.8 Å². The second-order valence-electron chi connectivity index (χ2n) is 5.86. The lowest BCUT2D eigenvalue weighted by molar-refractivity contribution is 0.455. The predicted molar refractivity (Wildman–Crippen MR) is 85.9 cm³/mol. The highest BCUT2D eigenvalue weighted by Gasteiger charge is 2.24. The van der Waals surface area contributed by atoms with Crippen LogP contribution >= 0.6 is 15.9 Å². The molecule has 1 aromatic heterocycles. The Labute approximate surface area is 128 Å². The van der Waals surface area contributed by atoms with Crippen LogP contribution in [0.15, 0.2) is 16.9 Å². The summed E-state index contributed by atoms with van der Waals surface area (Å²) in [5.74, 6) is 0. The number of nitrogens with two attached hydrogens (primary N) is 1. The van der Waals surface area contributed by atoms with Gasteiger partial charge in [0.2, 0.25) is 0 Å². The summed E-state index contributed by atoms with van der Waals surface area (Å²) in [4.78, 5) is 4.77. The summed E-state index contributed by atoms with van der Waals surface area (Å²) in [6.07, 6.45) is 2.04. The Morgan fingerprint density at radius 2 is 1.90 bits per heavy atom.